The summed E-state index contributed by atoms with van der Waals surface area (Å²) < 4.78 is 0. The maximum absolute atomic E-state index is 6.24. The van der Waals surface area contributed by atoms with Crippen LogP contribution in [-0.2, 0) is 0 Å². The minimum Gasteiger partial charge on any atom is -0.324 e. The average molecular weight is 303 g/mol. The number of benzene rings is 1. The largest absolute Gasteiger partial charge is 0.324 e. The molecule has 0 amide bonds. The first-order valence-corrected chi connectivity index (χ1v) is 7.70. The molecule has 19 heavy (non-hydrogen) atoms. The molecule has 2 nitrogen and oxygen atoms in total. The van der Waals surface area contributed by atoms with E-state index < -0.39 is 0 Å². The first kappa shape index (κ1) is 16.8. The lowest BCUT2D eigenvalue weighted by molar-refractivity contribution is 0.207. The van der Waals surface area contributed by atoms with Gasteiger partial charge in [-0.2, -0.15) is 0 Å². The highest BCUT2D eigenvalue weighted by Gasteiger charge is 2.15. The van der Waals surface area contributed by atoms with E-state index >= 15 is 0 Å². The second kappa shape index (κ2) is 8.11. The molecule has 0 aliphatic rings. The lowest BCUT2D eigenvalue weighted by atomic mass is 10.0. The molecule has 2 unspecified atom stereocenters. The Morgan fingerprint density at radius 3 is 2.53 bits per heavy atom. The van der Waals surface area contributed by atoms with Gasteiger partial charge in [-0.3, -0.25) is 0 Å². The molecule has 0 spiro atoms. The minimum absolute atomic E-state index is 0.0655. The van der Waals surface area contributed by atoms with Crippen LogP contribution in [0.25, 0.3) is 0 Å². The van der Waals surface area contributed by atoms with Crippen molar-refractivity contribution < 1.29 is 0 Å². The monoisotopic (exact) mass is 302 g/mol. The highest BCUT2D eigenvalue weighted by atomic mass is 35.5. The maximum atomic E-state index is 6.24. The van der Waals surface area contributed by atoms with Gasteiger partial charge in [0.25, 0.3) is 0 Å². The molecule has 0 aliphatic carbocycles. The normalized spacial score (nSPS) is 14.7. The number of hydrogen-bond donors (Lipinski definition) is 1. The van der Waals surface area contributed by atoms with E-state index in [0.717, 1.165) is 31.5 Å². The van der Waals surface area contributed by atoms with Gasteiger partial charge in [0.15, 0.2) is 0 Å². The number of hydrogen-bond acceptors (Lipinski definition) is 2. The van der Waals surface area contributed by atoms with Crippen molar-refractivity contribution in [2.24, 2.45) is 5.73 Å². The smallest absolute Gasteiger partial charge is 0.0640 e. The summed E-state index contributed by atoms with van der Waals surface area (Å²) in [5.74, 6) is 0. The van der Waals surface area contributed by atoms with Crippen LogP contribution in [0.5, 0.6) is 0 Å². The summed E-state index contributed by atoms with van der Waals surface area (Å²) in [6.07, 6.45) is 2.04. The molecule has 1 rings (SSSR count). The molecular formula is C15H24Cl2N2. The van der Waals surface area contributed by atoms with Crippen LogP contribution in [0, 0.1) is 0 Å². The van der Waals surface area contributed by atoms with E-state index in [9.17, 15) is 0 Å². The third kappa shape index (κ3) is 4.64. The van der Waals surface area contributed by atoms with Crippen molar-refractivity contribution in [3.63, 3.8) is 0 Å². The van der Waals surface area contributed by atoms with Gasteiger partial charge in [0, 0.05) is 18.6 Å². The molecule has 1 aromatic rings. The number of rotatable bonds is 7. The Bertz CT molecular complexity index is 396. The zero-order valence-electron chi connectivity index (χ0n) is 12.0. The lowest BCUT2D eigenvalue weighted by Gasteiger charge is -2.28. The van der Waals surface area contributed by atoms with Crippen LogP contribution in [0.2, 0.25) is 10.0 Å². The van der Waals surface area contributed by atoms with E-state index in [0.29, 0.717) is 16.1 Å². The molecule has 2 atom stereocenters. The summed E-state index contributed by atoms with van der Waals surface area (Å²) in [6.45, 7) is 8.67. The average Bonchev–Trinajstić information content (AvgIpc) is 2.41. The molecule has 4 heteroatoms. The first-order chi connectivity index (χ1) is 9.01. The zero-order chi connectivity index (χ0) is 14.4. The fourth-order valence-corrected chi connectivity index (χ4v) is 2.66. The molecule has 0 aromatic heterocycles. The Hall–Kier alpha value is -0.280. The molecular weight excluding hydrogens is 279 g/mol. The molecule has 0 saturated heterocycles. The molecule has 0 bridgehead atoms. The number of nitrogens with zero attached hydrogens (tertiary/aromatic N) is 1. The summed E-state index contributed by atoms with van der Waals surface area (Å²) in [7, 11) is 0. The third-order valence-corrected chi connectivity index (χ3v) is 4.56. The van der Waals surface area contributed by atoms with E-state index in [1.54, 1.807) is 6.07 Å². The SMILES string of the molecule is CCC(C)N(CC)CCC(N)c1cccc(Cl)c1Cl. The Labute approximate surface area is 126 Å². The Balaban J connectivity index is 2.64. The maximum Gasteiger partial charge on any atom is 0.0640 e. The quantitative estimate of drug-likeness (QED) is 0.803. The van der Waals surface area contributed by atoms with Gasteiger partial charge in [0.2, 0.25) is 0 Å². The Morgan fingerprint density at radius 2 is 1.95 bits per heavy atom. The fourth-order valence-electron chi connectivity index (χ4n) is 2.22. The number of halogens is 2. The summed E-state index contributed by atoms with van der Waals surface area (Å²) in [5.41, 5.74) is 7.18. The van der Waals surface area contributed by atoms with Gasteiger partial charge in [-0.05, 0) is 37.9 Å². The lowest BCUT2D eigenvalue weighted by Crippen LogP contribution is -2.34. The standard InChI is InChI=1S/C15H24Cl2N2/c1-4-11(3)19(5-2)10-9-14(18)12-7-6-8-13(16)15(12)17/h6-8,11,14H,4-5,9-10,18H2,1-3H3. The molecule has 0 fully saturated rings. The molecule has 0 radical (unpaired) electrons. The van der Waals surface area contributed by atoms with Crippen LogP contribution in [0.15, 0.2) is 18.2 Å². The van der Waals surface area contributed by atoms with Crippen molar-refractivity contribution in [3.05, 3.63) is 33.8 Å². The highest BCUT2D eigenvalue weighted by molar-refractivity contribution is 6.42. The van der Waals surface area contributed by atoms with Crippen LogP contribution in [0.1, 0.15) is 45.2 Å². The van der Waals surface area contributed by atoms with Gasteiger partial charge in [-0.1, -0.05) is 49.2 Å². The minimum atomic E-state index is -0.0655. The molecule has 0 saturated carbocycles. The molecule has 2 N–H and O–H groups in total. The van der Waals surface area contributed by atoms with Crippen molar-refractivity contribution in [3.8, 4) is 0 Å². The first-order valence-electron chi connectivity index (χ1n) is 6.94. The summed E-state index contributed by atoms with van der Waals surface area (Å²) >= 11 is 12.2. The van der Waals surface area contributed by atoms with Crippen LogP contribution >= 0.6 is 23.2 Å². The van der Waals surface area contributed by atoms with Crippen molar-refractivity contribution >= 4 is 23.2 Å². The van der Waals surface area contributed by atoms with E-state index in [1.165, 1.54) is 0 Å². The van der Waals surface area contributed by atoms with Gasteiger partial charge in [0.05, 0.1) is 10.0 Å². The summed E-state index contributed by atoms with van der Waals surface area (Å²) in [6, 6.07) is 6.17. The van der Waals surface area contributed by atoms with Crippen molar-refractivity contribution in [2.45, 2.75) is 45.7 Å². The third-order valence-electron chi connectivity index (χ3n) is 3.73. The number of nitrogens with two attached hydrogens (primary N) is 1. The van der Waals surface area contributed by atoms with Crippen molar-refractivity contribution in [1.82, 2.24) is 4.90 Å². The van der Waals surface area contributed by atoms with Crippen LogP contribution in [0.3, 0.4) is 0 Å². The Morgan fingerprint density at radius 1 is 1.26 bits per heavy atom. The van der Waals surface area contributed by atoms with Crippen LogP contribution < -0.4 is 5.73 Å². The molecule has 1 aromatic carbocycles. The molecule has 0 aliphatic heterocycles. The van der Waals surface area contributed by atoms with E-state index in [2.05, 4.69) is 25.7 Å². The van der Waals surface area contributed by atoms with E-state index in [-0.39, 0.29) is 6.04 Å². The predicted molar refractivity (Wildman–Crippen MR) is 85.0 cm³/mol. The molecule has 108 valence electrons. The van der Waals surface area contributed by atoms with E-state index in [4.69, 9.17) is 28.9 Å². The van der Waals surface area contributed by atoms with Gasteiger partial charge in [-0.15, -0.1) is 0 Å². The highest BCUT2D eigenvalue weighted by Crippen LogP contribution is 2.30. The van der Waals surface area contributed by atoms with Crippen LogP contribution in [0.4, 0.5) is 0 Å². The summed E-state index contributed by atoms with van der Waals surface area (Å²) in [5, 5.41) is 1.16. The van der Waals surface area contributed by atoms with Gasteiger partial charge >= 0.3 is 0 Å². The zero-order valence-corrected chi connectivity index (χ0v) is 13.5. The molecule has 0 heterocycles. The fraction of sp³-hybridized carbons (Fsp3) is 0.600. The topological polar surface area (TPSA) is 29.3 Å². The Kier molecular flexibility index (Phi) is 7.16. The summed E-state index contributed by atoms with van der Waals surface area (Å²) in [4.78, 5) is 2.44. The predicted octanol–water partition coefficient (Wildman–Crippen LogP) is 4.50. The van der Waals surface area contributed by atoms with Gasteiger partial charge < -0.3 is 10.6 Å². The van der Waals surface area contributed by atoms with Crippen molar-refractivity contribution in [2.75, 3.05) is 13.1 Å². The van der Waals surface area contributed by atoms with Crippen LogP contribution in [-0.4, -0.2) is 24.0 Å². The van der Waals surface area contributed by atoms with Gasteiger partial charge in [-0.25, -0.2) is 0 Å². The second-order valence-electron chi connectivity index (χ2n) is 4.92. The van der Waals surface area contributed by atoms with Gasteiger partial charge in [0.1, 0.15) is 0 Å². The second-order valence-corrected chi connectivity index (χ2v) is 5.71. The van der Waals surface area contributed by atoms with E-state index in [1.807, 2.05) is 12.1 Å². The van der Waals surface area contributed by atoms with Crippen molar-refractivity contribution in [1.29, 1.82) is 0 Å².